The third-order valence-electron chi connectivity index (χ3n) is 2.88. The number of anilines is 2. The largest absolute Gasteiger partial charge is 0.383 e. The van der Waals surface area contributed by atoms with Crippen molar-refractivity contribution in [1.82, 2.24) is 0 Å². The van der Waals surface area contributed by atoms with E-state index in [1.165, 1.54) is 11.4 Å². The number of nitriles is 1. The molecular weight excluding hydrogens is 198 g/mol. The number of benzene rings is 1. The number of rotatable bonds is 2. The molecule has 1 aromatic rings. The van der Waals surface area contributed by atoms with Crippen LogP contribution in [0.2, 0.25) is 0 Å². The lowest BCUT2D eigenvalue weighted by atomic mass is 10.1. The molecule has 1 heterocycles. The molecule has 0 bridgehead atoms. The molecule has 0 saturated carbocycles. The van der Waals surface area contributed by atoms with Crippen LogP contribution >= 0.6 is 0 Å². The third kappa shape index (κ3) is 2.27. The van der Waals surface area contributed by atoms with Crippen LogP contribution in [-0.2, 0) is 0 Å². The predicted octanol–water partition coefficient (Wildman–Crippen LogP) is 2.47. The molecule has 1 aliphatic heterocycles. The lowest BCUT2D eigenvalue weighted by molar-refractivity contribution is 0.665. The first-order chi connectivity index (χ1) is 7.81. The summed E-state index contributed by atoms with van der Waals surface area (Å²) < 4.78 is 0. The Kier molecular flexibility index (Phi) is 3.31. The lowest BCUT2D eigenvalue weighted by Crippen LogP contribution is -2.28. The fourth-order valence-corrected chi connectivity index (χ4v) is 2.07. The Balaban J connectivity index is 2.23. The van der Waals surface area contributed by atoms with Gasteiger partial charge in [-0.15, -0.1) is 0 Å². The molecular formula is C13H17N3. The van der Waals surface area contributed by atoms with Crippen molar-refractivity contribution in [2.24, 2.45) is 5.92 Å². The number of fused-ring (bicyclic) bond motifs is 1. The van der Waals surface area contributed by atoms with E-state index < -0.39 is 0 Å². The van der Waals surface area contributed by atoms with Crippen molar-refractivity contribution in [2.75, 3.05) is 29.9 Å². The Labute approximate surface area is 96.7 Å². The molecule has 1 aliphatic rings. The van der Waals surface area contributed by atoms with Crippen molar-refractivity contribution < 1.29 is 0 Å². The average molecular weight is 215 g/mol. The Morgan fingerprint density at radius 2 is 2.31 bits per heavy atom. The van der Waals surface area contributed by atoms with Crippen LogP contribution in [0.4, 0.5) is 11.4 Å². The minimum Gasteiger partial charge on any atom is -0.383 e. The highest BCUT2D eigenvalue weighted by atomic mass is 15.2. The summed E-state index contributed by atoms with van der Waals surface area (Å²) in [5, 5.41) is 12.3. The Hall–Kier alpha value is -1.69. The zero-order valence-electron chi connectivity index (χ0n) is 9.61. The van der Waals surface area contributed by atoms with Crippen LogP contribution in [0.3, 0.4) is 0 Å². The van der Waals surface area contributed by atoms with Gasteiger partial charge in [0.05, 0.1) is 23.4 Å². The molecule has 84 valence electrons. The quantitative estimate of drug-likeness (QED) is 0.823. The first kappa shape index (κ1) is 10.8. The van der Waals surface area contributed by atoms with Crippen LogP contribution in [-0.4, -0.2) is 19.6 Å². The van der Waals surface area contributed by atoms with E-state index in [2.05, 4.69) is 34.5 Å². The first-order valence-electron chi connectivity index (χ1n) is 5.78. The van der Waals surface area contributed by atoms with Crippen LogP contribution < -0.4 is 10.2 Å². The third-order valence-corrected chi connectivity index (χ3v) is 2.88. The van der Waals surface area contributed by atoms with E-state index in [-0.39, 0.29) is 5.92 Å². The molecule has 1 unspecified atom stereocenters. The van der Waals surface area contributed by atoms with Gasteiger partial charge in [-0.3, -0.25) is 0 Å². The Morgan fingerprint density at radius 3 is 3.12 bits per heavy atom. The molecule has 1 N–H and O–H groups in total. The highest BCUT2D eigenvalue weighted by Crippen LogP contribution is 2.28. The summed E-state index contributed by atoms with van der Waals surface area (Å²) in [6.07, 6.45) is 1.12. The molecule has 2 rings (SSSR count). The molecule has 3 heteroatoms. The topological polar surface area (TPSA) is 39.1 Å². The maximum atomic E-state index is 8.89. The second-order valence-electron chi connectivity index (χ2n) is 4.27. The molecule has 1 aromatic carbocycles. The average Bonchev–Trinajstić information content (AvgIpc) is 2.52. The molecule has 0 amide bonds. The fourth-order valence-electron chi connectivity index (χ4n) is 2.07. The van der Waals surface area contributed by atoms with Gasteiger partial charge in [0.1, 0.15) is 0 Å². The standard InChI is InChI=1S/C13H17N3/c1-11(9-14)10-16-8-4-7-15-12-5-2-3-6-13(12)16/h2-3,5-6,11,15H,4,7-8,10H2,1H3. The van der Waals surface area contributed by atoms with Crippen LogP contribution in [0, 0.1) is 17.2 Å². The van der Waals surface area contributed by atoms with E-state index in [0.29, 0.717) is 0 Å². The van der Waals surface area contributed by atoms with E-state index in [9.17, 15) is 0 Å². The van der Waals surface area contributed by atoms with E-state index in [4.69, 9.17) is 5.26 Å². The zero-order chi connectivity index (χ0) is 11.4. The summed E-state index contributed by atoms with van der Waals surface area (Å²) in [5.41, 5.74) is 2.41. The summed E-state index contributed by atoms with van der Waals surface area (Å²) in [5.74, 6) is 0.0751. The number of hydrogen-bond acceptors (Lipinski definition) is 3. The number of hydrogen-bond donors (Lipinski definition) is 1. The molecule has 0 aliphatic carbocycles. The number of nitrogens with one attached hydrogen (secondary N) is 1. The van der Waals surface area contributed by atoms with Crippen molar-refractivity contribution in [3.8, 4) is 6.07 Å². The van der Waals surface area contributed by atoms with Gasteiger partial charge in [0.25, 0.3) is 0 Å². The minimum atomic E-state index is 0.0751. The summed E-state index contributed by atoms with van der Waals surface area (Å²) in [4.78, 5) is 2.31. The molecule has 3 nitrogen and oxygen atoms in total. The Morgan fingerprint density at radius 1 is 1.50 bits per heavy atom. The highest BCUT2D eigenvalue weighted by molar-refractivity contribution is 5.70. The Bertz CT molecular complexity index is 394. The van der Waals surface area contributed by atoms with Crippen LogP contribution in [0.15, 0.2) is 24.3 Å². The van der Waals surface area contributed by atoms with Crippen LogP contribution in [0.1, 0.15) is 13.3 Å². The smallest absolute Gasteiger partial charge is 0.0671 e. The van der Waals surface area contributed by atoms with Gasteiger partial charge < -0.3 is 10.2 Å². The van der Waals surface area contributed by atoms with Gasteiger partial charge in [0, 0.05) is 19.6 Å². The number of nitrogens with zero attached hydrogens (tertiary/aromatic N) is 2. The van der Waals surface area contributed by atoms with Crippen molar-refractivity contribution in [2.45, 2.75) is 13.3 Å². The molecule has 0 spiro atoms. The van der Waals surface area contributed by atoms with E-state index in [1.807, 2.05) is 13.0 Å². The van der Waals surface area contributed by atoms with Crippen molar-refractivity contribution in [1.29, 1.82) is 5.26 Å². The molecule has 16 heavy (non-hydrogen) atoms. The lowest BCUT2D eigenvalue weighted by Gasteiger charge is -2.25. The van der Waals surface area contributed by atoms with Crippen molar-refractivity contribution >= 4 is 11.4 Å². The normalized spacial score (nSPS) is 16.6. The minimum absolute atomic E-state index is 0.0751. The van der Waals surface area contributed by atoms with Gasteiger partial charge in [-0.25, -0.2) is 0 Å². The second kappa shape index (κ2) is 4.89. The summed E-state index contributed by atoms with van der Waals surface area (Å²) in [6.45, 7) is 4.82. The van der Waals surface area contributed by atoms with Crippen LogP contribution in [0.25, 0.3) is 0 Å². The van der Waals surface area contributed by atoms with Gasteiger partial charge in [-0.2, -0.15) is 5.26 Å². The molecule has 0 saturated heterocycles. The van der Waals surface area contributed by atoms with Gasteiger partial charge in [0.15, 0.2) is 0 Å². The molecule has 0 aromatic heterocycles. The summed E-state index contributed by atoms with van der Waals surface area (Å²) in [7, 11) is 0. The van der Waals surface area contributed by atoms with Crippen molar-refractivity contribution in [3.05, 3.63) is 24.3 Å². The van der Waals surface area contributed by atoms with Crippen molar-refractivity contribution in [3.63, 3.8) is 0 Å². The number of para-hydroxylation sites is 2. The highest BCUT2D eigenvalue weighted by Gasteiger charge is 2.16. The summed E-state index contributed by atoms with van der Waals surface area (Å²) in [6, 6.07) is 10.6. The van der Waals surface area contributed by atoms with Gasteiger partial charge in [-0.1, -0.05) is 12.1 Å². The predicted molar refractivity (Wildman–Crippen MR) is 66.5 cm³/mol. The van der Waals surface area contributed by atoms with Gasteiger partial charge in [-0.05, 0) is 25.5 Å². The second-order valence-corrected chi connectivity index (χ2v) is 4.27. The monoisotopic (exact) mass is 215 g/mol. The fraction of sp³-hybridized carbons (Fsp3) is 0.462. The molecule has 0 radical (unpaired) electrons. The van der Waals surface area contributed by atoms with E-state index in [0.717, 1.165) is 26.1 Å². The zero-order valence-corrected chi connectivity index (χ0v) is 9.61. The van der Waals surface area contributed by atoms with E-state index in [1.54, 1.807) is 0 Å². The maximum absolute atomic E-state index is 8.89. The van der Waals surface area contributed by atoms with Gasteiger partial charge >= 0.3 is 0 Å². The van der Waals surface area contributed by atoms with Gasteiger partial charge in [0.2, 0.25) is 0 Å². The van der Waals surface area contributed by atoms with E-state index >= 15 is 0 Å². The SMILES string of the molecule is CC(C#N)CN1CCCNc2ccccc21. The maximum Gasteiger partial charge on any atom is 0.0671 e. The molecule has 1 atom stereocenters. The molecule has 0 fully saturated rings. The van der Waals surface area contributed by atoms with Crippen LogP contribution in [0.5, 0.6) is 0 Å². The first-order valence-corrected chi connectivity index (χ1v) is 5.78. The summed E-state index contributed by atoms with van der Waals surface area (Å²) >= 11 is 0.